The van der Waals surface area contributed by atoms with E-state index >= 15 is 0 Å². The summed E-state index contributed by atoms with van der Waals surface area (Å²) in [4.78, 5) is 23.5. The van der Waals surface area contributed by atoms with Crippen molar-refractivity contribution in [3.8, 4) is 0 Å². The number of hydrogen-bond acceptors (Lipinski definition) is 3. The van der Waals surface area contributed by atoms with Gasteiger partial charge in [0.2, 0.25) is 5.91 Å². The van der Waals surface area contributed by atoms with Crippen molar-refractivity contribution < 1.29 is 14.7 Å². The molecule has 1 amide bonds. The minimum Gasteiger partial charge on any atom is -0.480 e. The third-order valence-corrected chi connectivity index (χ3v) is 4.41. The monoisotopic (exact) mass is 346 g/mol. The highest BCUT2D eigenvalue weighted by molar-refractivity contribution is 9.10. The molecule has 0 spiro atoms. The van der Waals surface area contributed by atoms with Crippen LogP contribution in [0.1, 0.15) is 6.42 Å². The Morgan fingerprint density at radius 1 is 1.47 bits per heavy atom. The van der Waals surface area contributed by atoms with Crippen molar-refractivity contribution in [3.05, 3.63) is 27.7 Å². The summed E-state index contributed by atoms with van der Waals surface area (Å²) in [5.41, 5.74) is -0.926. The second-order valence-electron chi connectivity index (χ2n) is 4.40. The van der Waals surface area contributed by atoms with Gasteiger partial charge in [-0.2, -0.15) is 0 Å². The summed E-state index contributed by atoms with van der Waals surface area (Å²) < 4.78 is 0.711. The Balaban J connectivity index is 2.20. The van der Waals surface area contributed by atoms with Crippen LogP contribution in [0, 0.1) is 5.41 Å². The average Bonchev–Trinajstić information content (AvgIpc) is 2.84. The van der Waals surface area contributed by atoms with E-state index in [-0.39, 0.29) is 13.0 Å². The first-order valence-electron chi connectivity index (χ1n) is 5.66. The van der Waals surface area contributed by atoms with Gasteiger partial charge in [0, 0.05) is 16.7 Å². The Bertz CT molecular complexity index is 530. The van der Waals surface area contributed by atoms with Crippen LogP contribution in [0.4, 0.5) is 5.69 Å². The maximum atomic E-state index is 12.2. The molecule has 1 heterocycles. The van der Waals surface area contributed by atoms with E-state index in [1.165, 1.54) is 0 Å². The van der Waals surface area contributed by atoms with E-state index < -0.39 is 17.3 Å². The molecule has 0 bridgehead atoms. The fraction of sp³-hybridized carbons (Fsp3) is 0.333. The van der Waals surface area contributed by atoms with Gasteiger partial charge >= 0.3 is 5.97 Å². The SMILES string of the molecule is O=C(O)C1(C(=O)Nc2ccc(Br)c(Cl)c2)CCNC1. The van der Waals surface area contributed by atoms with E-state index in [9.17, 15) is 14.7 Å². The highest BCUT2D eigenvalue weighted by Gasteiger charge is 2.48. The number of carboxylic acids is 1. The lowest BCUT2D eigenvalue weighted by atomic mass is 9.86. The number of carbonyl (C=O) groups is 2. The number of rotatable bonds is 3. The molecule has 19 heavy (non-hydrogen) atoms. The maximum absolute atomic E-state index is 12.2. The summed E-state index contributed by atoms with van der Waals surface area (Å²) in [6, 6.07) is 4.92. The lowest BCUT2D eigenvalue weighted by molar-refractivity contribution is -0.152. The van der Waals surface area contributed by atoms with Crippen LogP contribution in [0.5, 0.6) is 0 Å². The molecule has 0 aromatic heterocycles. The molecule has 1 unspecified atom stereocenters. The van der Waals surface area contributed by atoms with Crippen molar-refractivity contribution in [2.45, 2.75) is 6.42 Å². The molecule has 1 atom stereocenters. The van der Waals surface area contributed by atoms with Crippen molar-refractivity contribution in [1.29, 1.82) is 0 Å². The molecule has 1 aliphatic heterocycles. The van der Waals surface area contributed by atoms with E-state index in [0.717, 1.165) is 0 Å². The summed E-state index contributed by atoms with van der Waals surface area (Å²) in [5.74, 6) is -1.64. The van der Waals surface area contributed by atoms with Crippen molar-refractivity contribution in [2.75, 3.05) is 18.4 Å². The lowest BCUT2D eigenvalue weighted by Gasteiger charge is -2.21. The summed E-state index contributed by atoms with van der Waals surface area (Å²) in [7, 11) is 0. The van der Waals surface area contributed by atoms with E-state index in [2.05, 4.69) is 26.6 Å². The van der Waals surface area contributed by atoms with Crippen LogP contribution in [0.3, 0.4) is 0 Å². The highest BCUT2D eigenvalue weighted by atomic mass is 79.9. The van der Waals surface area contributed by atoms with Crippen LogP contribution in [-0.4, -0.2) is 30.1 Å². The second-order valence-corrected chi connectivity index (χ2v) is 5.66. The number of halogens is 2. The molecule has 0 saturated carbocycles. The first-order chi connectivity index (χ1) is 8.95. The standard InChI is InChI=1S/C12H12BrClN2O3/c13-8-2-1-7(5-9(8)14)16-10(17)12(11(18)19)3-4-15-6-12/h1-2,5,15H,3-4,6H2,(H,16,17)(H,18,19). The summed E-state index contributed by atoms with van der Waals surface area (Å²) in [5, 5.41) is 15.2. The first-order valence-corrected chi connectivity index (χ1v) is 6.83. The zero-order valence-corrected chi connectivity index (χ0v) is 12.2. The average molecular weight is 348 g/mol. The number of carboxylic acid groups (broad SMARTS) is 1. The number of anilines is 1. The fourth-order valence-electron chi connectivity index (χ4n) is 1.99. The fourth-order valence-corrected chi connectivity index (χ4v) is 2.42. The molecule has 1 saturated heterocycles. The number of benzene rings is 1. The topological polar surface area (TPSA) is 78.4 Å². The van der Waals surface area contributed by atoms with Crippen molar-refractivity contribution in [3.63, 3.8) is 0 Å². The number of aliphatic carboxylic acids is 1. The molecule has 1 aromatic carbocycles. The molecular formula is C12H12BrClN2O3. The molecule has 3 N–H and O–H groups in total. The molecule has 102 valence electrons. The summed E-state index contributed by atoms with van der Waals surface area (Å²) in [6.45, 7) is 0.652. The van der Waals surface area contributed by atoms with E-state index in [0.29, 0.717) is 21.7 Å². The molecule has 2 rings (SSSR count). The Labute approximate surface area is 123 Å². The molecule has 0 aliphatic carbocycles. The molecule has 0 radical (unpaired) electrons. The number of hydrogen-bond donors (Lipinski definition) is 3. The van der Waals surface area contributed by atoms with Crippen LogP contribution >= 0.6 is 27.5 Å². The number of carbonyl (C=O) groups excluding carboxylic acids is 1. The second kappa shape index (κ2) is 5.48. The maximum Gasteiger partial charge on any atom is 0.320 e. The predicted molar refractivity (Wildman–Crippen MR) is 75.3 cm³/mol. The summed E-state index contributed by atoms with van der Waals surface area (Å²) >= 11 is 9.17. The Kier molecular flexibility index (Phi) is 4.13. The quantitative estimate of drug-likeness (QED) is 0.732. The third-order valence-electron chi connectivity index (χ3n) is 3.18. The van der Waals surface area contributed by atoms with Crippen molar-refractivity contribution >= 4 is 45.1 Å². The van der Waals surface area contributed by atoms with Crippen LogP contribution in [-0.2, 0) is 9.59 Å². The predicted octanol–water partition coefficient (Wildman–Crippen LogP) is 2.11. The minimum absolute atomic E-state index is 0.137. The number of nitrogens with one attached hydrogen (secondary N) is 2. The van der Waals surface area contributed by atoms with Gasteiger partial charge in [-0.1, -0.05) is 11.6 Å². The van der Waals surface area contributed by atoms with E-state index in [1.54, 1.807) is 18.2 Å². The van der Waals surface area contributed by atoms with Gasteiger partial charge in [-0.25, -0.2) is 0 Å². The molecular weight excluding hydrogens is 336 g/mol. The zero-order valence-electron chi connectivity index (χ0n) is 9.87. The lowest BCUT2D eigenvalue weighted by Crippen LogP contribution is -2.44. The van der Waals surface area contributed by atoms with Gasteiger partial charge in [0.25, 0.3) is 0 Å². The van der Waals surface area contributed by atoms with Crippen molar-refractivity contribution in [1.82, 2.24) is 5.32 Å². The molecule has 1 aromatic rings. The van der Waals surface area contributed by atoms with Crippen LogP contribution < -0.4 is 10.6 Å². The van der Waals surface area contributed by atoms with Crippen LogP contribution in [0.15, 0.2) is 22.7 Å². The zero-order chi connectivity index (χ0) is 14.0. The van der Waals surface area contributed by atoms with Gasteiger partial charge < -0.3 is 15.7 Å². The molecule has 1 aliphatic rings. The minimum atomic E-state index is -1.40. The van der Waals surface area contributed by atoms with Crippen LogP contribution in [0.25, 0.3) is 0 Å². The Hall–Kier alpha value is -1.11. The van der Waals surface area contributed by atoms with Gasteiger partial charge in [-0.3, -0.25) is 9.59 Å². The third kappa shape index (κ3) is 2.75. The number of amides is 1. The molecule has 1 fully saturated rings. The Morgan fingerprint density at radius 2 is 2.21 bits per heavy atom. The van der Waals surface area contributed by atoms with Gasteiger partial charge in [0.1, 0.15) is 0 Å². The van der Waals surface area contributed by atoms with E-state index in [1.807, 2.05) is 0 Å². The van der Waals surface area contributed by atoms with Gasteiger partial charge in [0.05, 0.1) is 5.02 Å². The molecule has 5 nitrogen and oxygen atoms in total. The van der Waals surface area contributed by atoms with Gasteiger partial charge in [-0.15, -0.1) is 0 Å². The summed E-state index contributed by atoms with van der Waals surface area (Å²) in [6.07, 6.45) is 0.276. The van der Waals surface area contributed by atoms with Gasteiger partial charge in [-0.05, 0) is 47.1 Å². The Morgan fingerprint density at radius 3 is 2.74 bits per heavy atom. The van der Waals surface area contributed by atoms with E-state index in [4.69, 9.17) is 11.6 Å². The van der Waals surface area contributed by atoms with Crippen molar-refractivity contribution in [2.24, 2.45) is 5.41 Å². The largest absolute Gasteiger partial charge is 0.480 e. The first kappa shape index (κ1) is 14.3. The molecule has 7 heteroatoms. The normalized spacial score (nSPS) is 22.2. The highest BCUT2D eigenvalue weighted by Crippen LogP contribution is 2.30. The van der Waals surface area contributed by atoms with Crippen LogP contribution in [0.2, 0.25) is 5.02 Å². The smallest absolute Gasteiger partial charge is 0.320 e. The van der Waals surface area contributed by atoms with Gasteiger partial charge in [0.15, 0.2) is 5.41 Å².